The van der Waals surface area contributed by atoms with Gasteiger partial charge in [-0.2, -0.15) is 4.98 Å². The van der Waals surface area contributed by atoms with Crippen molar-refractivity contribution in [2.45, 2.75) is 25.6 Å². The molecule has 5 rings (SSSR count). The van der Waals surface area contributed by atoms with E-state index in [0.29, 0.717) is 30.1 Å². The molecular weight excluding hydrogens is 356 g/mol. The molecule has 0 aliphatic carbocycles. The Morgan fingerprint density at radius 3 is 2.89 bits per heavy atom. The van der Waals surface area contributed by atoms with Gasteiger partial charge >= 0.3 is 0 Å². The number of hydrogen-bond acceptors (Lipinski definition) is 7. The molecule has 0 spiro atoms. The number of nitrogens with zero attached hydrogens (tertiary/aromatic N) is 3. The van der Waals surface area contributed by atoms with Gasteiger partial charge in [0, 0.05) is 31.2 Å². The molecule has 0 saturated carbocycles. The number of nitrogens with one attached hydrogen (secondary N) is 1. The van der Waals surface area contributed by atoms with Gasteiger partial charge in [0.15, 0.2) is 17.3 Å². The van der Waals surface area contributed by atoms with Crippen molar-refractivity contribution >= 4 is 0 Å². The third-order valence-electron chi connectivity index (χ3n) is 5.16. The summed E-state index contributed by atoms with van der Waals surface area (Å²) in [4.78, 5) is 6.98. The molecule has 1 N–H and O–H groups in total. The Labute approximate surface area is 163 Å². The second-order valence-electron chi connectivity index (χ2n) is 7.17. The smallest absolute Gasteiger partial charge is 0.258 e. The number of ether oxygens (including phenoxy) is 2. The Morgan fingerprint density at radius 2 is 1.96 bits per heavy atom. The van der Waals surface area contributed by atoms with Crippen LogP contribution in [0.2, 0.25) is 0 Å². The first-order chi connectivity index (χ1) is 13.8. The Bertz CT molecular complexity index is 944. The van der Waals surface area contributed by atoms with Gasteiger partial charge in [-0.25, -0.2) is 0 Å². The minimum Gasteiger partial charge on any atom is -0.454 e. The van der Waals surface area contributed by atoms with E-state index in [-0.39, 0.29) is 6.79 Å². The molecule has 144 valence electrons. The second kappa shape index (κ2) is 7.61. The van der Waals surface area contributed by atoms with Gasteiger partial charge in [-0.15, -0.1) is 0 Å². The molecule has 1 unspecified atom stereocenters. The lowest BCUT2D eigenvalue weighted by atomic mass is 10.2. The topological polar surface area (TPSA) is 72.7 Å². The molecule has 2 aliphatic heterocycles. The fraction of sp³-hybridized carbons (Fsp3) is 0.333. The molecule has 2 aliphatic rings. The van der Waals surface area contributed by atoms with Crippen molar-refractivity contribution in [1.82, 2.24) is 20.4 Å². The first kappa shape index (κ1) is 17.2. The van der Waals surface area contributed by atoms with Crippen LogP contribution in [-0.2, 0) is 13.1 Å². The minimum absolute atomic E-state index is 0.250. The Balaban J connectivity index is 1.15. The summed E-state index contributed by atoms with van der Waals surface area (Å²) in [6.45, 7) is 3.97. The molecule has 0 bridgehead atoms. The van der Waals surface area contributed by atoms with E-state index >= 15 is 0 Å². The van der Waals surface area contributed by atoms with Crippen LogP contribution in [0.25, 0.3) is 11.5 Å². The van der Waals surface area contributed by atoms with Crippen LogP contribution in [0, 0.1) is 0 Å². The molecule has 7 nitrogen and oxygen atoms in total. The zero-order valence-corrected chi connectivity index (χ0v) is 15.5. The van der Waals surface area contributed by atoms with Crippen molar-refractivity contribution in [3.63, 3.8) is 0 Å². The van der Waals surface area contributed by atoms with Crippen LogP contribution in [0.5, 0.6) is 11.5 Å². The monoisotopic (exact) mass is 378 g/mol. The second-order valence-corrected chi connectivity index (χ2v) is 7.17. The molecule has 3 aromatic rings. The molecule has 0 amide bonds. The summed E-state index contributed by atoms with van der Waals surface area (Å²) in [5.74, 6) is 2.60. The molecule has 1 atom stereocenters. The van der Waals surface area contributed by atoms with E-state index in [1.54, 1.807) is 0 Å². The summed E-state index contributed by atoms with van der Waals surface area (Å²) in [6.07, 6.45) is 1.12. The van der Waals surface area contributed by atoms with Crippen LogP contribution in [0.3, 0.4) is 0 Å². The van der Waals surface area contributed by atoms with Crippen LogP contribution >= 0.6 is 0 Å². The Hall–Kier alpha value is -2.90. The molecule has 1 saturated heterocycles. The van der Waals surface area contributed by atoms with Gasteiger partial charge in [0.05, 0.1) is 6.54 Å². The van der Waals surface area contributed by atoms with Gasteiger partial charge in [-0.05, 0) is 30.2 Å². The van der Waals surface area contributed by atoms with Gasteiger partial charge < -0.3 is 19.3 Å². The highest BCUT2D eigenvalue weighted by Crippen LogP contribution is 2.35. The van der Waals surface area contributed by atoms with Crippen LogP contribution in [0.4, 0.5) is 0 Å². The number of hydrogen-bond donors (Lipinski definition) is 1. The first-order valence-corrected chi connectivity index (χ1v) is 9.56. The summed E-state index contributed by atoms with van der Waals surface area (Å²) in [5.41, 5.74) is 2.19. The van der Waals surface area contributed by atoms with Gasteiger partial charge in [-0.3, -0.25) is 4.90 Å². The molecule has 3 heterocycles. The van der Waals surface area contributed by atoms with Crippen molar-refractivity contribution in [3.8, 4) is 23.0 Å². The normalized spacial score (nSPS) is 18.6. The lowest BCUT2D eigenvalue weighted by molar-refractivity contribution is 0.174. The third-order valence-corrected chi connectivity index (χ3v) is 5.16. The highest BCUT2D eigenvalue weighted by molar-refractivity contribution is 5.60. The molecule has 7 heteroatoms. The summed E-state index contributed by atoms with van der Waals surface area (Å²) < 4.78 is 16.2. The van der Waals surface area contributed by atoms with Gasteiger partial charge in [-0.1, -0.05) is 35.5 Å². The van der Waals surface area contributed by atoms with E-state index < -0.39 is 0 Å². The van der Waals surface area contributed by atoms with Crippen molar-refractivity contribution in [3.05, 3.63) is 59.9 Å². The quantitative estimate of drug-likeness (QED) is 0.707. The molecule has 1 fully saturated rings. The predicted octanol–water partition coefficient (Wildman–Crippen LogP) is 2.83. The van der Waals surface area contributed by atoms with E-state index in [1.807, 2.05) is 18.2 Å². The van der Waals surface area contributed by atoms with Crippen molar-refractivity contribution < 1.29 is 14.0 Å². The molecule has 1 aromatic heterocycles. The standard InChI is InChI=1S/C21H22N4O3/c1-2-4-15(5-3-1)12-25-9-8-17(13-25)22-11-20-23-21(28-24-20)16-6-7-18-19(10-16)27-14-26-18/h1-7,10,17,22H,8-9,11-14H2. The zero-order valence-electron chi connectivity index (χ0n) is 15.5. The van der Waals surface area contributed by atoms with E-state index in [4.69, 9.17) is 14.0 Å². The highest BCUT2D eigenvalue weighted by atomic mass is 16.7. The van der Waals surface area contributed by atoms with Crippen LogP contribution in [0.1, 0.15) is 17.8 Å². The average molecular weight is 378 g/mol. The number of aromatic nitrogens is 2. The summed E-state index contributed by atoms with van der Waals surface area (Å²) in [7, 11) is 0. The average Bonchev–Trinajstić information content (AvgIpc) is 3.47. The third kappa shape index (κ3) is 3.72. The summed E-state index contributed by atoms with van der Waals surface area (Å²) in [6, 6.07) is 16.7. The van der Waals surface area contributed by atoms with E-state index in [0.717, 1.165) is 37.4 Å². The fourth-order valence-corrected chi connectivity index (χ4v) is 3.69. The molecule has 28 heavy (non-hydrogen) atoms. The van der Waals surface area contributed by atoms with Crippen LogP contribution < -0.4 is 14.8 Å². The van der Waals surface area contributed by atoms with E-state index in [1.165, 1.54) is 5.56 Å². The fourth-order valence-electron chi connectivity index (χ4n) is 3.69. The van der Waals surface area contributed by atoms with Gasteiger partial charge in [0.1, 0.15) is 0 Å². The highest BCUT2D eigenvalue weighted by Gasteiger charge is 2.23. The molecule has 2 aromatic carbocycles. The SMILES string of the molecule is c1ccc(CN2CCC(NCc3noc(-c4ccc5c(c4)OCO5)n3)C2)cc1. The van der Waals surface area contributed by atoms with E-state index in [9.17, 15) is 0 Å². The molecular formula is C21H22N4O3. The minimum atomic E-state index is 0.250. The lowest BCUT2D eigenvalue weighted by Gasteiger charge is -2.16. The number of likely N-dealkylation sites (tertiary alicyclic amines) is 1. The van der Waals surface area contributed by atoms with E-state index in [2.05, 4.69) is 50.7 Å². The van der Waals surface area contributed by atoms with Gasteiger partial charge in [0.2, 0.25) is 6.79 Å². The Morgan fingerprint density at radius 1 is 1.07 bits per heavy atom. The molecule has 0 radical (unpaired) electrons. The summed E-state index contributed by atoms with van der Waals surface area (Å²) >= 11 is 0. The van der Waals surface area contributed by atoms with Crippen molar-refractivity contribution in [2.75, 3.05) is 19.9 Å². The number of fused-ring (bicyclic) bond motifs is 1. The van der Waals surface area contributed by atoms with Crippen LogP contribution in [-0.4, -0.2) is 41.0 Å². The first-order valence-electron chi connectivity index (χ1n) is 9.56. The van der Waals surface area contributed by atoms with Crippen molar-refractivity contribution in [1.29, 1.82) is 0 Å². The predicted molar refractivity (Wildman–Crippen MR) is 103 cm³/mol. The van der Waals surface area contributed by atoms with Crippen LogP contribution in [0.15, 0.2) is 53.1 Å². The maximum Gasteiger partial charge on any atom is 0.258 e. The Kier molecular flexibility index (Phi) is 4.68. The largest absolute Gasteiger partial charge is 0.454 e. The van der Waals surface area contributed by atoms with Gasteiger partial charge in [0.25, 0.3) is 5.89 Å². The maximum absolute atomic E-state index is 5.42. The number of rotatable bonds is 6. The maximum atomic E-state index is 5.42. The van der Waals surface area contributed by atoms with Crippen molar-refractivity contribution in [2.24, 2.45) is 0 Å². The number of benzene rings is 2. The summed E-state index contributed by atoms with van der Waals surface area (Å²) in [5, 5.41) is 7.65. The lowest BCUT2D eigenvalue weighted by Crippen LogP contribution is -2.32. The zero-order chi connectivity index (χ0) is 18.8.